The van der Waals surface area contributed by atoms with Crippen molar-refractivity contribution in [2.24, 2.45) is 0 Å². The fourth-order valence-electron chi connectivity index (χ4n) is 6.46. The molecule has 0 bridgehead atoms. The number of benzene rings is 2. The third kappa shape index (κ3) is 7.77. The molecule has 0 aliphatic carbocycles. The van der Waals surface area contributed by atoms with Gasteiger partial charge in [-0.1, -0.05) is 0 Å². The van der Waals surface area contributed by atoms with E-state index in [9.17, 15) is 66.1 Å². The highest BCUT2D eigenvalue weighted by Gasteiger charge is 2.52. The Bertz CT molecular complexity index is 1870. The van der Waals surface area contributed by atoms with E-state index in [-0.39, 0.29) is 22.6 Å². The molecule has 3 aliphatic rings. The Morgan fingerprint density at radius 3 is 2.05 bits per heavy atom. The number of phenols is 3. The summed E-state index contributed by atoms with van der Waals surface area (Å²) in [4.78, 5) is 14.2. The molecule has 12 N–H and O–H groups in total. The molecular weight excluding hydrogens is 744 g/mol. The smallest absolute Gasteiger partial charge is 0.239 e. The standard InChI is InChI=1S/C34H42O21/c1-10-20(39)24(43)28(47)33(50-10)55-31-26(45)22(41)18(9-49-32-27(46)25(44)21(40)17(8-35)52-32)53-34(31)54-30-23(42)19-14(38)6-12(36)7-16(19)51-29(30)11-3-4-13(37)15(5-11)48-2/h3-7,10,17-18,20-22,24-28,31-41,43-47H,8-9H2,1-2H3. The molecule has 15 unspecified atom stereocenters. The van der Waals surface area contributed by atoms with Gasteiger partial charge in [0.05, 0.1) is 26.4 Å². The summed E-state index contributed by atoms with van der Waals surface area (Å²) >= 11 is 0. The molecule has 0 radical (unpaired) electrons. The van der Waals surface area contributed by atoms with Crippen molar-refractivity contribution in [3.8, 4) is 40.1 Å². The Kier molecular flexibility index (Phi) is 12.1. The number of methoxy groups -OCH3 is 1. The van der Waals surface area contributed by atoms with Crippen LogP contribution in [0.4, 0.5) is 0 Å². The highest BCUT2D eigenvalue weighted by molar-refractivity contribution is 5.88. The van der Waals surface area contributed by atoms with Crippen molar-refractivity contribution in [1.29, 1.82) is 0 Å². The first-order valence-electron chi connectivity index (χ1n) is 16.9. The van der Waals surface area contributed by atoms with Crippen LogP contribution >= 0.6 is 0 Å². The maximum atomic E-state index is 14.2. The van der Waals surface area contributed by atoms with E-state index in [4.69, 9.17) is 37.6 Å². The Morgan fingerprint density at radius 2 is 1.36 bits per heavy atom. The number of phenolic OH excluding ortho intramolecular Hbond substituents is 3. The molecule has 0 saturated carbocycles. The van der Waals surface area contributed by atoms with E-state index in [1.54, 1.807) is 0 Å². The van der Waals surface area contributed by atoms with Gasteiger partial charge in [-0.2, -0.15) is 0 Å². The van der Waals surface area contributed by atoms with Crippen molar-refractivity contribution in [2.45, 2.75) is 99.0 Å². The van der Waals surface area contributed by atoms with Crippen LogP contribution in [-0.2, 0) is 23.7 Å². The van der Waals surface area contributed by atoms with Gasteiger partial charge in [0.15, 0.2) is 35.9 Å². The summed E-state index contributed by atoms with van der Waals surface area (Å²) in [6.45, 7) is -0.187. The summed E-state index contributed by atoms with van der Waals surface area (Å²) in [7, 11) is 1.25. The van der Waals surface area contributed by atoms with Gasteiger partial charge in [-0.15, -0.1) is 0 Å². The van der Waals surface area contributed by atoms with Crippen LogP contribution in [0.3, 0.4) is 0 Å². The van der Waals surface area contributed by atoms with Crippen molar-refractivity contribution in [3.05, 3.63) is 40.6 Å². The van der Waals surface area contributed by atoms with Gasteiger partial charge in [-0.3, -0.25) is 4.79 Å². The average molecular weight is 787 g/mol. The second-order valence-corrected chi connectivity index (χ2v) is 13.3. The quantitative estimate of drug-likeness (QED) is 0.0946. The normalized spacial score (nSPS) is 36.8. The molecule has 0 spiro atoms. The molecule has 55 heavy (non-hydrogen) atoms. The molecule has 2 aromatic carbocycles. The van der Waals surface area contributed by atoms with Crippen LogP contribution in [0.15, 0.2) is 39.5 Å². The number of hydrogen-bond donors (Lipinski definition) is 12. The second-order valence-electron chi connectivity index (χ2n) is 13.3. The minimum absolute atomic E-state index is 0.0276. The first-order valence-corrected chi connectivity index (χ1v) is 16.9. The van der Waals surface area contributed by atoms with Crippen molar-refractivity contribution >= 4 is 11.0 Å². The van der Waals surface area contributed by atoms with Crippen molar-refractivity contribution < 1.29 is 98.9 Å². The predicted octanol–water partition coefficient (Wildman–Crippen LogP) is -3.56. The van der Waals surface area contributed by atoms with Crippen LogP contribution < -0.4 is 14.9 Å². The molecule has 304 valence electrons. The van der Waals surface area contributed by atoms with Crippen LogP contribution in [0, 0.1) is 0 Å². The van der Waals surface area contributed by atoms with Crippen molar-refractivity contribution in [3.63, 3.8) is 0 Å². The number of aliphatic hydroxyl groups is 9. The molecule has 21 nitrogen and oxygen atoms in total. The molecule has 0 amide bonds. The highest BCUT2D eigenvalue weighted by atomic mass is 16.8. The summed E-state index contributed by atoms with van der Waals surface area (Å²) in [5, 5.41) is 125. The maximum Gasteiger partial charge on any atom is 0.239 e. The van der Waals surface area contributed by atoms with Gasteiger partial charge in [0, 0.05) is 17.7 Å². The summed E-state index contributed by atoms with van der Waals surface area (Å²) in [5.74, 6) is -2.73. The van der Waals surface area contributed by atoms with E-state index in [0.717, 1.165) is 12.1 Å². The van der Waals surface area contributed by atoms with E-state index in [1.807, 2.05) is 0 Å². The highest BCUT2D eigenvalue weighted by Crippen LogP contribution is 2.40. The molecule has 6 rings (SSSR count). The van der Waals surface area contributed by atoms with Gasteiger partial charge < -0.3 is 98.9 Å². The SMILES string of the molecule is COc1cc(-c2oc3cc(O)cc(O)c3c(=O)c2OC2OC(COC3OC(CO)C(O)C(O)C3O)C(O)C(O)C2OC2OC(C)C(O)C(O)C2O)ccc1O. The van der Waals surface area contributed by atoms with Crippen LogP contribution in [-0.4, -0.2) is 174 Å². The first-order chi connectivity index (χ1) is 26.1. The summed E-state index contributed by atoms with van der Waals surface area (Å²) in [6.07, 6.45) is -26.3. The molecule has 3 fully saturated rings. The number of aliphatic hydroxyl groups excluding tert-OH is 9. The number of fused-ring (bicyclic) bond motifs is 1. The lowest BCUT2D eigenvalue weighted by Crippen LogP contribution is -2.65. The molecule has 3 aliphatic heterocycles. The lowest BCUT2D eigenvalue weighted by molar-refractivity contribution is -0.360. The molecular formula is C34H42O21. The van der Waals surface area contributed by atoms with Crippen molar-refractivity contribution in [1.82, 2.24) is 0 Å². The van der Waals surface area contributed by atoms with E-state index < -0.39 is 139 Å². The summed E-state index contributed by atoms with van der Waals surface area (Å²) in [5.41, 5.74) is -1.37. The largest absolute Gasteiger partial charge is 0.508 e. The fourth-order valence-corrected chi connectivity index (χ4v) is 6.46. The van der Waals surface area contributed by atoms with E-state index >= 15 is 0 Å². The van der Waals surface area contributed by atoms with Gasteiger partial charge >= 0.3 is 0 Å². The van der Waals surface area contributed by atoms with Crippen LogP contribution in [0.5, 0.6) is 28.7 Å². The Balaban J connectivity index is 1.41. The lowest BCUT2D eigenvalue weighted by Gasteiger charge is -2.46. The number of ether oxygens (including phenoxy) is 7. The zero-order valence-corrected chi connectivity index (χ0v) is 29.0. The molecule has 3 saturated heterocycles. The van der Waals surface area contributed by atoms with Gasteiger partial charge in [0.2, 0.25) is 17.5 Å². The summed E-state index contributed by atoms with van der Waals surface area (Å²) in [6, 6.07) is 5.62. The zero-order chi connectivity index (χ0) is 40.0. The minimum atomic E-state index is -2.06. The van der Waals surface area contributed by atoms with E-state index in [0.29, 0.717) is 0 Å². The van der Waals surface area contributed by atoms with Crippen LogP contribution in [0.25, 0.3) is 22.3 Å². The Labute approximate surface area is 309 Å². The topological polar surface area (TPSA) is 338 Å². The first kappa shape index (κ1) is 40.7. The van der Waals surface area contributed by atoms with Crippen LogP contribution in [0.2, 0.25) is 0 Å². The fraction of sp³-hybridized carbons (Fsp3) is 0.559. The summed E-state index contributed by atoms with van der Waals surface area (Å²) < 4.78 is 45.4. The third-order valence-electron chi connectivity index (χ3n) is 9.61. The Hall–Kier alpha value is -3.91. The second kappa shape index (κ2) is 16.3. The monoisotopic (exact) mass is 786 g/mol. The van der Waals surface area contributed by atoms with Crippen molar-refractivity contribution in [2.75, 3.05) is 20.3 Å². The van der Waals surface area contributed by atoms with Gasteiger partial charge in [-0.05, 0) is 25.1 Å². The third-order valence-corrected chi connectivity index (χ3v) is 9.61. The van der Waals surface area contributed by atoms with E-state index in [2.05, 4.69) is 0 Å². The minimum Gasteiger partial charge on any atom is -0.508 e. The maximum absolute atomic E-state index is 14.2. The lowest BCUT2D eigenvalue weighted by atomic mass is 9.97. The number of hydrogen-bond acceptors (Lipinski definition) is 21. The molecule has 3 aromatic rings. The van der Waals surface area contributed by atoms with Gasteiger partial charge in [-0.25, -0.2) is 0 Å². The predicted molar refractivity (Wildman–Crippen MR) is 178 cm³/mol. The van der Waals surface area contributed by atoms with Crippen LogP contribution in [0.1, 0.15) is 6.92 Å². The Morgan fingerprint density at radius 1 is 0.709 bits per heavy atom. The van der Waals surface area contributed by atoms with Gasteiger partial charge in [0.25, 0.3) is 0 Å². The number of rotatable bonds is 10. The zero-order valence-electron chi connectivity index (χ0n) is 29.0. The molecule has 4 heterocycles. The number of aromatic hydroxyl groups is 3. The van der Waals surface area contributed by atoms with E-state index in [1.165, 1.54) is 32.2 Å². The average Bonchev–Trinajstić information content (AvgIpc) is 3.15. The molecule has 1 aromatic heterocycles. The molecule has 15 atom stereocenters. The van der Waals surface area contributed by atoms with Gasteiger partial charge in [0.1, 0.15) is 83.5 Å². The molecule has 21 heteroatoms.